The van der Waals surface area contributed by atoms with Crippen molar-refractivity contribution in [2.75, 3.05) is 31.8 Å². The Balaban J connectivity index is 0.00000141. The zero-order chi connectivity index (χ0) is 23.1. The molecule has 2 aromatic heterocycles. The molecule has 1 N–H and O–H groups in total. The minimum absolute atomic E-state index is 0.217. The molecule has 8 heteroatoms. The number of methoxy groups -OCH3 is 1. The third-order valence-corrected chi connectivity index (χ3v) is 4.89. The third kappa shape index (κ3) is 5.33. The molecule has 170 valence electrons. The molecule has 0 fully saturated rings. The van der Waals surface area contributed by atoms with Crippen molar-refractivity contribution in [2.24, 2.45) is 0 Å². The van der Waals surface area contributed by atoms with Gasteiger partial charge in [-0.2, -0.15) is 5.10 Å². The lowest BCUT2D eigenvalue weighted by atomic mass is 10.1. The van der Waals surface area contributed by atoms with E-state index >= 15 is 0 Å². The molecule has 1 atom stereocenters. The highest BCUT2D eigenvalue weighted by Gasteiger charge is 2.20. The van der Waals surface area contributed by atoms with E-state index in [2.05, 4.69) is 29.0 Å². The normalized spacial score (nSPS) is 14.2. The average molecular weight is 438 g/mol. The predicted octanol–water partition coefficient (Wildman–Crippen LogP) is 4.04. The maximum atomic E-state index is 9.69. The first-order valence-corrected chi connectivity index (χ1v) is 10.8. The van der Waals surface area contributed by atoms with Crippen LogP contribution in [-0.2, 0) is 9.47 Å². The molecule has 8 nitrogen and oxygen atoms in total. The fourth-order valence-corrected chi connectivity index (χ4v) is 3.33. The SMILES string of the molecule is CC.COC(CO)c1nc(N2C=C(C)OCC2)cc(-n2ccc(-c3cccc(C)c3)n2)n1. The summed E-state index contributed by atoms with van der Waals surface area (Å²) in [5.41, 5.74) is 3.07. The van der Waals surface area contributed by atoms with Crippen LogP contribution in [0.1, 0.15) is 38.3 Å². The highest BCUT2D eigenvalue weighted by atomic mass is 16.5. The van der Waals surface area contributed by atoms with E-state index in [-0.39, 0.29) is 6.61 Å². The van der Waals surface area contributed by atoms with Crippen LogP contribution in [0.4, 0.5) is 5.82 Å². The van der Waals surface area contributed by atoms with Crippen molar-refractivity contribution >= 4 is 5.82 Å². The van der Waals surface area contributed by atoms with Crippen LogP contribution in [0, 0.1) is 6.92 Å². The van der Waals surface area contributed by atoms with Crippen LogP contribution in [0.5, 0.6) is 0 Å². The number of nitrogens with zero attached hydrogens (tertiary/aromatic N) is 5. The lowest BCUT2D eigenvalue weighted by Gasteiger charge is -2.26. The summed E-state index contributed by atoms with van der Waals surface area (Å²) in [6.45, 7) is 8.98. The first kappa shape index (κ1) is 23.4. The summed E-state index contributed by atoms with van der Waals surface area (Å²) in [7, 11) is 1.53. The van der Waals surface area contributed by atoms with Crippen molar-refractivity contribution in [1.29, 1.82) is 0 Å². The Hall–Kier alpha value is -3.23. The van der Waals surface area contributed by atoms with Crippen LogP contribution >= 0.6 is 0 Å². The van der Waals surface area contributed by atoms with Crippen molar-refractivity contribution in [3.8, 4) is 17.1 Å². The second-order valence-corrected chi connectivity index (χ2v) is 7.15. The molecule has 32 heavy (non-hydrogen) atoms. The molecule has 0 amide bonds. The van der Waals surface area contributed by atoms with Gasteiger partial charge in [-0.05, 0) is 26.0 Å². The minimum atomic E-state index is -0.623. The number of benzene rings is 1. The third-order valence-electron chi connectivity index (χ3n) is 4.89. The molecule has 3 heterocycles. The molecular weight excluding hydrogens is 406 g/mol. The predicted molar refractivity (Wildman–Crippen MR) is 125 cm³/mol. The molecule has 1 unspecified atom stereocenters. The van der Waals surface area contributed by atoms with Crippen molar-refractivity contribution in [1.82, 2.24) is 19.7 Å². The molecule has 0 spiro atoms. The molecule has 1 aromatic carbocycles. The van der Waals surface area contributed by atoms with Gasteiger partial charge in [-0.25, -0.2) is 14.6 Å². The lowest BCUT2D eigenvalue weighted by molar-refractivity contribution is 0.0423. The van der Waals surface area contributed by atoms with E-state index in [0.29, 0.717) is 30.6 Å². The number of allylic oxidation sites excluding steroid dienone is 1. The van der Waals surface area contributed by atoms with E-state index in [1.54, 1.807) is 4.68 Å². The first-order valence-electron chi connectivity index (χ1n) is 10.8. The van der Waals surface area contributed by atoms with Crippen LogP contribution in [0.2, 0.25) is 0 Å². The van der Waals surface area contributed by atoms with Gasteiger partial charge in [-0.1, -0.05) is 37.6 Å². The van der Waals surface area contributed by atoms with Crippen LogP contribution in [-0.4, -0.2) is 51.7 Å². The van der Waals surface area contributed by atoms with Gasteiger partial charge in [-0.15, -0.1) is 0 Å². The van der Waals surface area contributed by atoms with Crippen molar-refractivity contribution in [3.05, 3.63) is 65.9 Å². The molecule has 1 aliphatic heterocycles. The smallest absolute Gasteiger partial charge is 0.164 e. The Labute approximate surface area is 189 Å². The molecule has 3 aromatic rings. The van der Waals surface area contributed by atoms with E-state index in [4.69, 9.17) is 14.6 Å². The quantitative estimate of drug-likeness (QED) is 0.623. The number of aryl methyl sites for hydroxylation is 1. The summed E-state index contributed by atoms with van der Waals surface area (Å²) in [5.74, 6) is 2.51. The van der Waals surface area contributed by atoms with Gasteiger partial charge in [0.15, 0.2) is 11.6 Å². The van der Waals surface area contributed by atoms with Crippen LogP contribution in [0.15, 0.2) is 54.6 Å². The van der Waals surface area contributed by atoms with Gasteiger partial charge in [-0.3, -0.25) is 0 Å². The van der Waals surface area contributed by atoms with Gasteiger partial charge >= 0.3 is 0 Å². The number of aliphatic hydroxyl groups excluding tert-OH is 1. The fourth-order valence-electron chi connectivity index (χ4n) is 3.33. The van der Waals surface area contributed by atoms with Gasteiger partial charge in [0.05, 0.1) is 18.8 Å². The number of rotatable bonds is 6. The Morgan fingerprint density at radius 3 is 2.59 bits per heavy atom. The van der Waals surface area contributed by atoms with Gasteiger partial charge in [0.2, 0.25) is 0 Å². The summed E-state index contributed by atoms with van der Waals surface area (Å²) >= 11 is 0. The van der Waals surface area contributed by atoms with Gasteiger partial charge in [0, 0.05) is 31.1 Å². The molecule has 1 aliphatic rings. The van der Waals surface area contributed by atoms with Crippen LogP contribution < -0.4 is 4.90 Å². The monoisotopic (exact) mass is 437 g/mol. The first-order chi connectivity index (χ1) is 15.6. The standard InChI is InChI=1S/C22H25N5O3.C2H6/c1-15-5-4-6-17(11-15)18-7-8-27(25-18)21-12-20(26-9-10-30-16(2)13-26)23-22(24-21)19(14-28)29-3;1-2/h4-8,11-13,19,28H,9-10,14H2,1-3H3;1-2H3. The van der Waals surface area contributed by atoms with E-state index in [9.17, 15) is 5.11 Å². The number of hydrogen-bond donors (Lipinski definition) is 1. The largest absolute Gasteiger partial charge is 0.495 e. The van der Waals surface area contributed by atoms with Gasteiger partial charge in [0.1, 0.15) is 24.3 Å². The molecular formula is C24H31N5O3. The molecule has 4 rings (SSSR count). The van der Waals surface area contributed by atoms with Crippen LogP contribution in [0.3, 0.4) is 0 Å². The van der Waals surface area contributed by atoms with Crippen molar-refractivity contribution < 1.29 is 14.6 Å². The highest BCUT2D eigenvalue weighted by Crippen LogP contribution is 2.24. The van der Waals surface area contributed by atoms with E-state index in [1.807, 2.05) is 62.3 Å². The molecule has 0 radical (unpaired) electrons. The summed E-state index contributed by atoms with van der Waals surface area (Å²) in [6, 6.07) is 12.0. The molecule has 0 saturated heterocycles. The number of anilines is 1. The number of ether oxygens (including phenoxy) is 2. The van der Waals surface area contributed by atoms with E-state index < -0.39 is 6.10 Å². The van der Waals surface area contributed by atoms with Crippen molar-refractivity contribution in [2.45, 2.75) is 33.8 Å². The highest BCUT2D eigenvalue weighted by molar-refractivity contribution is 5.60. The summed E-state index contributed by atoms with van der Waals surface area (Å²) < 4.78 is 12.6. The second-order valence-electron chi connectivity index (χ2n) is 7.15. The molecule has 0 aliphatic carbocycles. The summed E-state index contributed by atoms with van der Waals surface area (Å²) in [5, 5.41) is 14.4. The Morgan fingerprint density at radius 2 is 1.91 bits per heavy atom. The average Bonchev–Trinajstić information content (AvgIpc) is 3.32. The van der Waals surface area contributed by atoms with Crippen molar-refractivity contribution in [3.63, 3.8) is 0 Å². The lowest BCUT2D eigenvalue weighted by Crippen LogP contribution is -2.28. The second kappa shape index (κ2) is 10.9. The Kier molecular flexibility index (Phi) is 7.97. The zero-order valence-corrected chi connectivity index (χ0v) is 19.3. The van der Waals surface area contributed by atoms with E-state index in [1.165, 1.54) is 12.7 Å². The zero-order valence-electron chi connectivity index (χ0n) is 19.3. The minimum Gasteiger partial charge on any atom is -0.495 e. The maximum absolute atomic E-state index is 9.69. The topological polar surface area (TPSA) is 85.5 Å². The number of aromatic nitrogens is 4. The summed E-state index contributed by atoms with van der Waals surface area (Å²) in [4.78, 5) is 11.2. The van der Waals surface area contributed by atoms with Crippen LogP contribution in [0.25, 0.3) is 17.1 Å². The Morgan fingerprint density at radius 1 is 1.12 bits per heavy atom. The molecule has 0 bridgehead atoms. The van der Waals surface area contributed by atoms with Gasteiger partial charge < -0.3 is 19.5 Å². The number of hydrogen-bond acceptors (Lipinski definition) is 7. The fraction of sp³-hybridized carbons (Fsp3) is 0.375. The Bertz CT molecular complexity index is 1060. The van der Waals surface area contributed by atoms with Gasteiger partial charge in [0.25, 0.3) is 0 Å². The summed E-state index contributed by atoms with van der Waals surface area (Å²) in [6.07, 6.45) is 3.15. The number of aliphatic hydroxyl groups is 1. The van der Waals surface area contributed by atoms with E-state index in [0.717, 1.165) is 17.0 Å². The maximum Gasteiger partial charge on any atom is 0.164 e. The molecule has 0 saturated carbocycles.